The first kappa shape index (κ1) is 36.9. The Bertz CT molecular complexity index is 2110. The van der Waals surface area contributed by atoms with Crippen molar-refractivity contribution in [3.8, 4) is 5.75 Å². The van der Waals surface area contributed by atoms with Crippen molar-refractivity contribution in [3.05, 3.63) is 70.9 Å². The van der Waals surface area contributed by atoms with E-state index in [-0.39, 0.29) is 29.6 Å². The number of carbonyl (C=O) groups is 2. The van der Waals surface area contributed by atoms with Gasteiger partial charge in [-0.15, -0.1) is 0 Å². The van der Waals surface area contributed by atoms with E-state index in [0.717, 1.165) is 78.0 Å². The fraction of sp³-hybridized carbons (Fsp3) is 0.600. The van der Waals surface area contributed by atoms with Gasteiger partial charge in [-0.3, -0.25) is 19.4 Å². The van der Waals surface area contributed by atoms with Gasteiger partial charge in [-0.1, -0.05) is 51.1 Å². The molecule has 9 rings (SSSR count). The Labute approximate surface area is 324 Å². The van der Waals surface area contributed by atoms with E-state index >= 15 is 4.79 Å². The highest BCUT2D eigenvalue weighted by Gasteiger charge is 2.77. The van der Waals surface area contributed by atoms with Crippen LogP contribution in [0.25, 0.3) is 10.9 Å². The zero-order valence-electron chi connectivity index (χ0n) is 33.6. The maximum absolute atomic E-state index is 15.2. The van der Waals surface area contributed by atoms with E-state index in [1.54, 1.807) is 14.0 Å². The topological polar surface area (TPSA) is 119 Å². The van der Waals surface area contributed by atoms with Gasteiger partial charge in [0.2, 0.25) is 0 Å². The molecular formula is C45H58N4O6. The predicted molar refractivity (Wildman–Crippen MR) is 213 cm³/mol. The van der Waals surface area contributed by atoms with E-state index in [4.69, 9.17) is 9.47 Å². The van der Waals surface area contributed by atoms with E-state index in [1.807, 2.05) is 19.2 Å². The van der Waals surface area contributed by atoms with E-state index < -0.39 is 33.5 Å². The number of Topliss-reactive ketones (excluding diaryl/α,β-unsaturated/α-hetero) is 1. The number of carbonyl (C=O) groups excluding carboxylic acids is 2. The van der Waals surface area contributed by atoms with Crippen LogP contribution in [0.15, 0.2) is 48.6 Å². The van der Waals surface area contributed by atoms with Crippen molar-refractivity contribution in [1.29, 1.82) is 0 Å². The van der Waals surface area contributed by atoms with Crippen LogP contribution >= 0.6 is 0 Å². The molecule has 1 spiro atoms. The number of rotatable bonds is 6. The van der Waals surface area contributed by atoms with Crippen LogP contribution in [0.4, 0.5) is 5.69 Å². The number of hydrogen-bond acceptors (Lipinski definition) is 9. The van der Waals surface area contributed by atoms with Crippen molar-refractivity contribution in [1.82, 2.24) is 14.8 Å². The molecule has 10 nitrogen and oxygen atoms in total. The molecule has 6 aliphatic rings. The lowest BCUT2D eigenvalue weighted by Gasteiger charge is -2.64. The monoisotopic (exact) mass is 750 g/mol. The normalized spacial score (nSPS) is 39.0. The van der Waals surface area contributed by atoms with E-state index in [2.05, 4.69) is 76.9 Å². The van der Waals surface area contributed by atoms with Crippen LogP contribution in [0.5, 0.6) is 5.75 Å². The van der Waals surface area contributed by atoms with Crippen molar-refractivity contribution in [2.24, 2.45) is 17.3 Å². The molecule has 10 atom stereocenters. The molecule has 5 unspecified atom stereocenters. The molecule has 0 radical (unpaired) electrons. The number of likely N-dealkylation sites (N-methyl/N-ethyl adjacent to an activating group) is 1. The molecule has 3 aromatic rings. The molecule has 294 valence electrons. The van der Waals surface area contributed by atoms with E-state index in [1.165, 1.54) is 7.11 Å². The highest BCUT2D eigenvalue weighted by Crippen LogP contribution is 2.69. The van der Waals surface area contributed by atoms with Gasteiger partial charge in [0.15, 0.2) is 5.78 Å². The van der Waals surface area contributed by atoms with Crippen molar-refractivity contribution in [2.75, 3.05) is 58.9 Å². The number of esters is 1. The lowest BCUT2D eigenvalue weighted by atomic mass is 9.44. The summed E-state index contributed by atoms with van der Waals surface area (Å²) in [6.07, 6.45) is 8.39. The summed E-state index contributed by atoms with van der Waals surface area (Å²) >= 11 is 0. The number of anilines is 1. The fourth-order valence-electron chi connectivity index (χ4n) is 13.6. The van der Waals surface area contributed by atoms with Gasteiger partial charge in [0.1, 0.15) is 16.8 Å². The summed E-state index contributed by atoms with van der Waals surface area (Å²) in [5.41, 5.74) is 0.665. The molecular weight excluding hydrogens is 693 g/mol. The number of piperidine rings is 1. The molecule has 10 heteroatoms. The number of aromatic nitrogens is 1. The number of fused-ring (bicyclic) bond motifs is 6. The van der Waals surface area contributed by atoms with Gasteiger partial charge in [-0.05, 0) is 81.2 Å². The van der Waals surface area contributed by atoms with Crippen molar-refractivity contribution >= 4 is 28.3 Å². The number of hydrogen-bond donors (Lipinski definition) is 3. The maximum Gasteiger partial charge on any atom is 0.322 e. The summed E-state index contributed by atoms with van der Waals surface area (Å²) < 4.78 is 12.3. The number of ether oxygens (including phenoxy) is 2. The summed E-state index contributed by atoms with van der Waals surface area (Å²) in [6, 6.07) is 12.1. The third-order valence-corrected chi connectivity index (χ3v) is 15.9. The van der Waals surface area contributed by atoms with Gasteiger partial charge in [0, 0.05) is 89.9 Å². The number of H-pyrrole nitrogens is 1. The minimum absolute atomic E-state index is 0.0294. The Balaban J connectivity index is 1.36. The summed E-state index contributed by atoms with van der Waals surface area (Å²) in [5.74, 6) is -0.384. The van der Waals surface area contributed by atoms with E-state index in [9.17, 15) is 15.0 Å². The highest BCUT2D eigenvalue weighted by molar-refractivity contribution is 5.95. The molecule has 1 aromatic heterocycles. The van der Waals surface area contributed by atoms with Gasteiger partial charge in [-0.25, -0.2) is 0 Å². The number of benzene rings is 2. The first-order chi connectivity index (χ1) is 26.3. The predicted octanol–water partition coefficient (Wildman–Crippen LogP) is 5.11. The summed E-state index contributed by atoms with van der Waals surface area (Å²) in [6.45, 7) is 11.7. The van der Waals surface area contributed by atoms with Crippen molar-refractivity contribution < 1.29 is 29.3 Å². The minimum atomic E-state index is -1.63. The number of aromatic amines is 1. The molecule has 2 bridgehead atoms. The van der Waals surface area contributed by atoms with Gasteiger partial charge in [0.25, 0.3) is 0 Å². The van der Waals surface area contributed by atoms with Gasteiger partial charge in [-0.2, -0.15) is 0 Å². The Morgan fingerprint density at radius 3 is 2.51 bits per heavy atom. The van der Waals surface area contributed by atoms with Crippen LogP contribution < -0.4 is 9.64 Å². The van der Waals surface area contributed by atoms with Crippen LogP contribution in [0.1, 0.15) is 82.2 Å². The molecule has 3 N–H and O–H groups in total. The van der Waals surface area contributed by atoms with Crippen molar-refractivity contribution in [2.45, 2.75) is 100 Å². The van der Waals surface area contributed by atoms with Gasteiger partial charge < -0.3 is 29.6 Å². The quantitative estimate of drug-likeness (QED) is 0.234. The number of methoxy groups -OCH3 is 2. The lowest BCUT2D eigenvalue weighted by molar-refractivity contribution is -0.174. The van der Waals surface area contributed by atoms with Crippen LogP contribution in [0.3, 0.4) is 0 Å². The average molecular weight is 751 g/mol. The fourth-order valence-corrected chi connectivity index (χ4v) is 13.6. The second-order valence-corrected chi connectivity index (χ2v) is 18.0. The minimum Gasteiger partial charge on any atom is -0.496 e. The molecule has 1 aliphatic carbocycles. The molecule has 2 saturated heterocycles. The Kier molecular flexibility index (Phi) is 8.32. The number of nitrogens with one attached hydrogen (secondary N) is 1. The summed E-state index contributed by atoms with van der Waals surface area (Å²) in [7, 11) is 5.16. The molecule has 6 heterocycles. The van der Waals surface area contributed by atoms with E-state index in [0.29, 0.717) is 38.0 Å². The Hall–Kier alpha value is -3.70. The lowest BCUT2D eigenvalue weighted by Crippen LogP contribution is -2.77. The number of nitrogens with zero attached hydrogens (tertiary/aromatic N) is 3. The van der Waals surface area contributed by atoms with Crippen LogP contribution in [-0.4, -0.2) is 114 Å². The van der Waals surface area contributed by atoms with Gasteiger partial charge >= 0.3 is 5.97 Å². The van der Waals surface area contributed by atoms with Crippen LogP contribution in [0, 0.1) is 17.3 Å². The Morgan fingerprint density at radius 2 is 1.80 bits per heavy atom. The molecule has 2 aromatic carbocycles. The molecule has 0 amide bonds. The molecule has 3 fully saturated rings. The van der Waals surface area contributed by atoms with Gasteiger partial charge in [0.05, 0.1) is 25.9 Å². The summed E-state index contributed by atoms with van der Waals surface area (Å²) in [5, 5.41) is 26.1. The Morgan fingerprint density at radius 1 is 1.02 bits per heavy atom. The van der Waals surface area contributed by atoms with Crippen LogP contribution in [-0.2, 0) is 31.6 Å². The number of ketones is 1. The summed E-state index contributed by atoms with van der Waals surface area (Å²) in [4.78, 5) is 40.2. The first-order valence-electron chi connectivity index (χ1n) is 20.5. The molecule has 5 aliphatic heterocycles. The largest absolute Gasteiger partial charge is 0.496 e. The maximum atomic E-state index is 15.2. The smallest absolute Gasteiger partial charge is 0.322 e. The average Bonchev–Trinajstić information content (AvgIpc) is 3.84. The standard InChI is InChI=1S/C45H58N4O6/c1-8-41(52)23-29-24-44(40(51)55-7,37-31(15-19-48(25-29)26-41)30-13-10-11-14-34(30)46-37)33-21-32-35(22-36(33)54-6)47(5)39-43(32)17-20-49-18-12-16-42(9-2,38(43)49)27(3)45(39,53)28(4)50/h10-14,16,21-22,27,29,38-39,46,52-53H,8-9,15,17-20,23-26H2,1-7H3/t27-,29?,38?,39?,41+,42+,43?,44-,45+/m1/s1. The third kappa shape index (κ3) is 4.57. The molecule has 1 saturated carbocycles. The third-order valence-electron chi connectivity index (χ3n) is 15.9. The first-order valence-corrected chi connectivity index (χ1v) is 20.5. The number of aliphatic hydroxyl groups is 2. The molecule has 55 heavy (non-hydrogen) atoms. The second kappa shape index (κ2) is 12.4. The zero-order chi connectivity index (χ0) is 38.9. The van der Waals surface area contributed by atoms with Crippen LogP contribution in [0.2, 0.25) is 0 Å². The highest BCUT2D eigenvalue weighted by atomic mass is 16.5. The zero-order valence-corrected chi connectivity index (χ0v) is 33.6. The SMILES string of the molecule is CC[C@]1(O)CC2CN(CCc3c([nH]c4ccccc34)[C@](C(=O)OC)(c3cc4c(cc3OC)N(C)C3C45CCN4CC=C[C@](CC)(C45)[C@@H](C)[C@]3(O)C(C)=O)C2)C1. The van der Waals surface area contributed by atoms with Crippen molar-refractivity contribution in [3.63, 3.8) is 0 Å². The second-order valence-electron chi connectivity index (χ2n) is 18.0. The number of para-hydroxylation sites is 1.